The molecule has 0 saturated carbocycles. The van der Waals surface area contributed by atoms with E-state index >= 15 is 0 Å². The quantitative estimate of drug-likeness (QED) is 0.642. The Morgan fingerprint density at radius 3 is 2.89 bits per heavy atom. The molecule has 0 fully saturated rings. The van der Waals surface area contributed by atoms with Gasteiger partial charge in [-0.05, 0) is 31.2 Å². The number of carbonyl (C=O) groups excluding carboxylic acids is 1. The van der Waals surface area contributed by atoms with Crippen molar-refractivity contribution in [1.82, 2.24) is 14.6 Å². The van der Waals surface area contributed by atoms with Crippen LogP contribution in [0.5, 0.6) is 0 Å². The highest BCUT2D eigenvalue weighted by molar-refractivity contribution is 6.13. The summed E-state index contributed by atoms with van der Waals surface area (Å²) in [5.74, 6) is -0.0400. The monoisotopic (exact) mass is 237 g/mol. The second kappa shape index (κ2) is 4.07. The van der Waals surface area contributed by atoms with Crippen molar-refractivity contribution >= 4 is 11.3 Å². The maximum Gasteiger partial charge on any atom is 0.198 e. The number of ketones is 1. The lowest BCUT2D eigenvalue weighted by atomic mass is 10.0. The summed E-state index contributed by atoms with van der Waals surface area (Å²) >= 11 is 0. The second-order valence-electron chi connectivity index (χ2n) is 4.06. The molecule has 0 aliphatic rings. The smallest absolute Gasteiger partial charge is 0.198 e. The van der Waals surface area contributed by atoms with Crippen LogP contribution in [0.4, 0.5) is 0 Å². The van der Waals surface area contributed by atoms with Crippen LogP contribution in [0.2, 0.25) is 0 Å². The highest BCUT2D eigenvalue weighted by Gasteiger charge is 2.18. The van der Waals surface area contributed by atoms with Crippen LogP contribution in [0.15, 0.2) is 48.9 Å². The number of hydrogen-bond donors (Lipinski definition) is 0. The van der Waals surface area contributed by atoms with Crippen LogP contribution < -0.4 is 0 Å². The number of carbonyl (C=O) groups is 1. The van der Waals surface area contributed by atoms with Gasteiger partial charge in [-0.25, -0.2) is 4.52 Å². The first-order chi connectivity index (χ1) is 8.77. The number of pyridine rings is 2. The van der Waals surface area contributed by atoms with E-state index in [1.54, 1.807) is 29.0 Å². The van der Waals surface area contributed by atoms with Crippen LogP contribution in [0.25, 0.3) is 5.52 Å². The van der Waals surface area contributed by atoms with Gasteiger partial charge in [-0.1, -0.05) is 6.07 Å². The fraction of sp³-hybridized carbons (Fsp3) is 0.0714. The zero-order valence-corrected chi connectivity index (χ0v) is 9.87. The molecule has 0 atom stereocenters. The highest BCUT2D eigenvalue weighted by atomic mass is 16.1. The van der Waals surface area contributed by atoms with E-state index in [1.807, 2.05) is 31.3 Å². The van der Waals surface area contributed by atoms with Crippen LogP contribution in [-0.2, 0) is 0 Å². The van der Waals surface area contributed by atoms with Crippen LogP contribution in [0.1, 0.15) is 21.6 Å². The second-order valence-corrected chi connectivity index (χ2v) is 4.06. The molecule has 0 N–H and O–H groups in total. The Morgan fingerprint density at radius 2 is 2.11 bits per heavy atom. The highest BCUT2D eigenvalue weighted by Crippen LogP contribution is 2.18. The van der Waals surface area contributed by atoms with Gasteiger partial charge >= 0.3 is 0 Å². The largest absolute Gasteiger partial charge is 0.288 e. The standard InChI is InChI=1S/C14H11N3O/c1-10-13(12-6-2-3-8-17(12)16-10)14(18)11-5-4-7-15-9-11/h2-9H,1H3. The minimum atomic E-state index is -0.0400. The van der Waals surface area contributed by atoms with Crippen molar-refractivity contribution in [1.29, 1.82) is 0 Å². The topological polar surface area (TPSA) is 47.3 Å². The predicted molar refractivity (Wildman–Crippen MR) is 67.6 cm³/mol. The molecule has 0 unspecified atom stereocenters. The fourth-order valence-electron chi connectivity index (χ4n) is 2.04. The third-order valence-corrected chi connectivity index (χ3v) is 2.87. The molecule has 4 nitrogen and oxygen atoms in total. The minimum Gasteiger partial charge on any atom is -0.288 e. The van der Waals surface area contributed by atoms with Crippen LogP contribution >= 0.6 is 0 Å². The van der Waals surface area contributed by atoms with Crippen LogP contribution in [0.3, 0.4) is 0 Å². The van der Waals surface area contributed by atoms with Crippen molar-refractivity contribution in [2.75, 3.05) is 0 Å². The summed E-state index contributed by atoms with van der Waals surface area (Å²) in [4.78, 5) is 16.4. The van der Waals surface area contributed by atoms with Gasteiger partial charge in [0.2, 0.25) is 0 Å². The van der Waals surface area contributed by atoms with Crippen molar-refractivity contribution < 1.29 is 4.79 Å². The lowest BCUT2D eigenvalue weighted by Crippen LogP contribution is -2.02. The van der Waals surface area contributed by atoms with E-state index < -0.39 is 0 Å². The lowest BCUT2D eigenvalue weighted by Gasteiger charge is -1.99. The van der Waals surface area contributed by atoms with E-state index in [2.05, 4.69) is 10.1 Å². The summed E-state index contributed by atoms with van der Waals surface area (Å²) in [5, 5.41) is 4.34. The van der Waals surface area contributed by atoms with Gasteiger partial charge in [0.05, 0.1) is 16.8 Å². The van der Waals surface area contributed by atoms with Crippen molar-refractivity contribution in [3.05, 3.63) is 65.7 Å². The van der Waals surface area contributed by atoms with Gasteiger partial charge < -0.3 is 0 Å². The van der Waals surface area contributed by atoms with Gasteiger partial charge in [-0.2, -0.15) is 5.10 Å². The van der Waals surface area contributed by atoms with Gasteiger partial charge in [-0.3, -0.25) is 9.78 Å². The Labute approximate surface area is 104 Å². The van der Waals surface area contributed by atoms with Crippen LogP contribution in [-0.4, -0.2) is 20.4 Å². The molecule has 0 aliphatic carbocycles. The predicted octanol–water partition coefficient (Wildman–Crippen LogP) is 2.27. The van der Waals surface area contributed by atoms with E-state index in [-0.39, 0.29) is 5.78 Å². The van der Waals surface area contributed by atoms with Crippen LogP contribution in [0, 0.1) is 6.92 Å². The Hall–Kier alpha value is -2.49. The Bertz CT molecular complexity index is 716. The maximum absolute atomic E-state index is 12.4. The molecular formula is C14H11N3O. The van der Waals surface area contributed by atoms with E-state index in [1.165, 1.54) is 0 Å². The molecule has 0 bridgehead atoms. The molecule has 0 radical (unpaired) electrons. The van der Waals surface area contributed by atoms with E-state index in [4.69, 9.17) is 0 Å². The summed E-state index contributed by atoms with van der Waals surface area (Å²) in [6, 6.07) is 9.20. The average Bonchev–Trinajstić information content (AvgIpc) is 2.75. The van der Waals surface area contributed by atoms with Crippen molar-refractivity contribution in [2.24, 2.45) is 0 Å². The molecule has 0 amide bonds. The summed E-state index contributed by atoms with van der Waals surface area (Å²) in [6.45, 7) is 1.84. The molecule has 0 saturated heterocycles. The van der Waals surface area contributed by atoms with Gasteiger partial charge in [0.25, 0.3) is 0 Å². The van der Waals surface area contributed by atoms with Gasteiger partial charge in [0, 0.05) is 24.2 Å². The number of aryl methyl sites for hydroxylation is 1. The van der Waals surface area contributed by atoms with Gasteiger partial charge in [0.15, 0.2) is 5.78 Å². The molecule has 0 spiro atoms. The molecule has 4 heteroatoms. The molecule has 0 aliphatic heterocycles. The number of hydrogen-bond acceptors (Lipinski definition) is 3. The van der Waals surface area contributed by atoms with Gasteiger partial charge in [-0.15, -0.1) is 0 Å². The van der Waals surface area contributed by atoms with Crippen molar-refractivity contribution in [2.45, 2.75) is 6.92 Å². The third kappa shape index (κ3) is 1.59. The minimum absolute atomic E-state index is 0.0400. The first-order valence-electron chi connectivity index (χ1n) is 5.66. The first kappa shape index (κ1) is 10.7. The number of rotatable bonds is 2. The summed E-state index contributed by atoms with van der Waals surface area (Å²) in [6.07, 6.45) is 5.07. The first-order valence-corrected chi connectivity index (χ1v) is 5.66. The zero-order valence-electron chi connectivity index (χ0n) is 9.87. The molecule has 3 rings (SSSR count). The lowest BCUT2D eigenvalue weighted by molar-refractivity contribution is 0.103. The third-order valence-electron chi connectivity index (χ3n) is 2.87. The maximum atomic E-state index is 12.4. The normalized spacial score (nSPS) is 10.7. The molecule has 3 heterocycles. The van der Waals surface area contributed by atoms with Crippen molar-refractivity contribution in [3.8, 4) is 0 Å². The average molecular weight is 237 g/mol. The van der Waals surface area contributed by atoms with E-state index in [9.17, 15) is 4.79 Å². The molecule has 88 valence electrons. The Balaban J connectivity index is 2.21. The summed E-state index contributed by atoms with van der Waals surface area (Å²) < 4.78 is 1.72. The zero-order chi connectivity index (χ0) is 12.5. The summed E-state index contributed by atoms with van der Waals surface area (Å²) in [5.41, 5.74) is 2.78. The number of aromatic nitrogens is 3. The van der Waals surface area contributed by atoms with Crippen molar-refractivity contribution in [3.63, 3.8) is 0 Å². The summed E-state index contributed by atoms with van der Waals surface area (Å²) in [7, 11) is 0. The number of nitrogens with zero attached hydrogens (tertiary/aromatic N) is 3. The van der Waals surface area contributed by atoms with Gasteiger partial charge in [0.1, 0.15) is 0 Å². The molecule has 18 heavy (non-hydrogen) atoms. The fourth-order valence-corrected chi connectivity index (χ4v) is 2.04. The molecule has 3 aromatic heterocycles. The molecule has 3 aromatic rings. The molecular weight excluding hydrogens is 226 g/mol. The number of fused-ring (bicyclic) bond motifs is 1. The Kier molecular flexibility index (Phi) is 2.41. The van der Waals surface area contributed by atoms with E-state index in [0.717, 1.165) is 11.2 Å². The molecule has 0 aromatic carbocycles. The Morgan fingerprint density at radius 1 is 1.22 bits per heavy atom. The SMILES string of the molecule is Cc1nn2ccccc2c1C(=O)c1cccnc1. The van der Waals surface area contributed by atoms with E-state index in [0.29, 0.717) is 11.1 Å².